The van der Waals surface area contributed by atoms with Gasteiger partial charge in [0, 0.05) is 5.02 Å². The van der Waals surface area contributed by atoms with Gasteiger partial charge in [-0.1, -0.05) is 17.7 Å². The highest BCUT2D eigenvalue weighted by Crippen LogP contribution is 2.32. The summed E-state index contributed by atoms with van der Waals surface area (Å²) in [5, 5.41) is 3.58. The molecule has 3 rings (SSSR count). The first kappa shape index (κ1) is 17.4. The van der Waals surface area contributed by atoms with E-state index in [1.165, 1.54) is 0 Å². The number of hydrogen-bond acceptors (Lipinski definition) is 4. The zero-order chi connectivity index (χ0) is 17.8. The largest absolute Gasteiger partial charge is 0.486 e. The van der Waals surface area contributed by atoms with E-state index >= 15 is 0 Å². The lowest BCUT2D eigenvalue weighted by molar-refractivity contribution is -0.123. The Hall–Kier alpha value is -2.40. The maximum absolute atomic E-state index is 12.1. The normalized spacial score (nSPS) is 13.9. The van der Waals surface area contributed by atoms with E-state index in [0.717, 1.165) is 16.9 Å². The van der Waals surface area contributed by atoms with Crippen LogP contribution in [0.25, 0.3) is 0 Å². The van der Waals surface area contributed by atoms with Gasteiger partial charge in [0.15, 0.2) is 18.1 Å². The third-order valence-corrected chi connectivity index (χ3v) is 4.37. The predicted molar refractivity (Wildman–Crippen MR) is 95.7 cm³/mol. The van der Waals surface area contributed by atoms with E-state index in [-0.39, 0.29) is 18.6 Å². The number of carbonyl (C=O) groups excluding carboxylic acids is 1. The molecule has 1 aliphatic rings. The molecular formula is C19H20ClNO4. The van der Waals surface area contributed by atoms with Crippen LogP contribution in [0.2, 0.25) is 5.02 Å². The van der Waals surface area contributed by atoms with Crippen molar-refractivity contribution in [3.8, 4) is 17.2 Å². The van der Waals surface area contributed by atoms with Crippen LogP contribution in [0.5, 0.6) is 17.2 Å². The predicted octanol–water partition coefficient (Wildman–Crippen LogP) is 3.68. The van der Waals surface area contributed by atoms with Crippen molar-refractivity contribution in [3.05, 3.63) is 52.5 Å². The number of amides is 1. The van der Waals surface area contributed by atoms with Crippen molar-refractivity contribution in [2.75, 3.05) is 19.8 Å². The smallest absolute Gasteiger partial charge is 0.258 e. The molecule has 1 atom stereocenters. The van der Waals surface area contributed by atoms with Gasteiger partial charge >= 0.3 is 0 Å². The highest BCUT2D eigenvalue weighted by Gasteiger charge is 2.16. The molecule has 1 amide bonds. The second-order valence-corrected chi connectivity index (χ2v) is 6.30. The fourth-order valence-corrected chi connectivity index (χ4v) is 2.67. The van der Waals surface area contributed by atoms with Gasteiger partial charge in [0.25, 0.3) is 5.91 Å². The lowest BCUT2D eigenvalue weighted by Gasteiger charge is -2.21. The fraction of sp³-hybridized carbons (Fsp3) is 0.316. The summed E-state index contributed by atoms with van der Waals surface area (Å²) in [5.74, 6) is 1.85. The molecule has 0 spiro atoms. The average molecular weight is 362 g/mol. The van der Waals surface area contributed by atoms with Crippen LogP contribution in [0.3, 0.4) is 0 Å². The quantitative estimate of drug-likeness (QED) is 0.882. The Bertz CT molecular complexity index is 778. The number of rotatable bonds is 5. The van der Waals surface area contributed by atoms with E-state index in [2.05, 4.69) is 5.32 Å². The van der Waals surface area contributed by atoms with Gasteiger partial charge in [0.05, 0.1) is 6.04 Å². The summed E-state index contributed by atoms with van der Waals surface area (Å²) in [6.07, 6.45) is 0. The minimum absolute atomic E-state index is 0.0596. The summed E-state index contributed by atoms with van der Waals surface area (Å²) in [4.78, 5) is 12.1. The van der Waals surface area contributed by atoms with Crippen molar-refractivity contribution in [3.63, 3.8) is 0 Å². The molecule has 2 aromatic rings. The Kier molecular flexibility index (Phi) is 5.34. The maximum Gasteiger partial charge on any atom is 0.258 e. The lowest BCUT2D eigenvalue weighted by Crippen LogP contribution is -2.31. The van der Waals surface area contributed by atoms with Crippen LogP contribution < -0.4 is 19.5 Å². The second-order valence-electron chi connectivity index (χ2n) is 5.89. The van der Waals surface area contributed by atoms with Gasteiger partial charge < -0.3 is 19.5 Å². The van der Waals surface area contributed by atoms with Gasteiger partial charge in [-0.2, -0.15) is 0 Å². The molecule has 0 bridgehead atoms. The van der Waals surface area contributed by atoms with Crippen LogP contribution >= 0.6 is 11.6 Å². The third-order valence-electron chi connectivity index (χ3n) is 3.94. The van der Waals surface area contributed by atoms with E-state index in [1.54, 1.807) is 18.2 Å². The van der Waals surface area contributed by atoms with Crippen LogP contribution in [0.15, 0.2) is 36.4 Å². The monoisotopic (exact) mass is 361 g/mol. The van der Waals surface area contributed by atoms with Crippen molar-refractivity contribution in [1.29, 1.82) is 0 Å². The summed E-state index contributed by atoms with van der Waals surface area (Å²) >= 11 is 5.98. The fourth-order valence-electron chi connectivity index (χ4n) is 2.55. The average Bonchev–Trinajstić information content (AvgIpc) is 2.62. The Balaban J connectivity index is 1.56. The zero-order valence-corrected chi connectivity index (χ0v) is 14.9. The molecule has 132 valence electrons. The van der Waals surface area contributed by atoms with E-state index in [9.17, 15) is 4.79 Å². The van der Waals surface area contributed by atoms with E-state index in [4.69, 9.17) is 25.8 Å². The molecule has 0 saturated heterocycles. The molecule has 1 heterocycles. The Labute approximate surface area is 151 Å². The van der Waals surface area contributed by atoms with Crippen LogP contribution in [-0.2, 0) is 4.79 Å². The first-order chi connectivity index (χ1) is 12.0. The van der Waals surface area contributed by atoms with Gasteiger partial charge in [-0.25, -0.2) is 0 Å². The summed E-state index contributed by atoms with van der Waals surface area (Å²) < 4.78 is 16.6. The standard InChI is InChI=1S/C19H20ClNO4/c1-12-9-15(4-5-16(12)20)25-11-19(22)21-13(2)14-3-6-17-18(10-14)24-8-7-23-17/h3-6,9-10,13H,7-8,11H2,1-2H3,(H,21,22)/t13-/m0/s1. The molecular weight excluding hydrogens is 342 g/mol. The van der Waals surface area contributed by atoms with Crippen molar-refractivity contribution < 1.29 is 19.0 Å². The molecule has 1 N–H and O–H groups in total. The van der Waals surface area contributed by atoms with Crippen LogP contribution in [0.4, 0.5) is 0 Å². The van der Waals surface area contributed by atoms with Gasteiger partial charge in [-0.05, 0) is 55.3 Å². The summed E-state index contributed by atoms with van der Waals surface area (Å²) in [5.41, 5.74) is 1.85. The molecule has 25 heavy (non-hydrogen) atoms. The number of fused-ring (bicyclic) bond motifs is 1. The number of nitrogens with one attached hydrogen (secondary N) is 1. The molecule has 0 saturated carbocycles. The number of aryl methyl sites for hydroxylation is 1. The molecule has 2 aromatic carbocycles. The SMILES string of the molecule is Cc1cc(OCC(=O)N[C@@H](C)c2ccc3c(c2)OCCO3)ccc1Cl. The number of ether oxygens (including phenoxy) is 3. The summed E-state index contributed by atoms with van der Waals surface area (Å²) in [6.45, 7) is 4.83. The Morgan fingerprint density at radius 2 is 1.96 bits per heavy atom. The molecule has 6 heteroatoms. The Morgan fingerprint density at radius 3 is 2.72 bits per heavy atom. The Morgan fingerprint density at radius 1 is 1.20 bits per heavy atom. The molecule has 0 aromatic heterocycles. The zero-order valence-electron chi connectivity index (χ0n) is 14.2. The lowest BCUT2D eigenvalue weighted by atomic mass is 10.1. The van der Waals surface area contributed by atoms with Crippen molar-refractivity contribution >= 4 is 17.5 Å². The van der Waals surface area contributed by atoms with Gasteiger partial charge in [-0.3, -0.25) is 4.79 Å². The summed E-state index contributed by atoms with van der Waals surface area (Å²) in [6, 6.07) is 10.8. The molecule has 0 aliphatic carbocycles. The van der Waals surface area contributed by atoms with Crippen LogP contribution in [0, 0.1) is 6.92 Å². The van der Waals surface area contributed by atoms with Crippen molar-refractivity contribution in [2.24, 2.45) is 0 Å². The summed E-state index contributed by atoms with van der Waals surface area (Å²) in [7, 11) is 0. The van der Waals surface area contributed by atoms with Gasteiger partial charge in [-0.15, -0.1) is 0 Å². The maximum atomic E-state index is 12.1. The van der Waals surface area contributed by atoms with Crippen LogP contribution in [0.1, 0.15) is 24.1 Å². The van der Waals surface area contributed by atoms with Gasteiger partial charge in [0.1, 0.15) is 19.0 Å². The molecule has 0 fully saturated rings. The third kappa shape index (κ3) is 4.37. The first-order valence-corrected chi connectivity index (χ1v) is 8.48. The van der Waals surface area contributed by atoms with Crippen molar-refractivity contribution in [2.45, 2.75) is 19.9 Å². The number of halogens is 1. The molecule has 5 nitrogen and oxygen atoms in total. The highest BCUT2D eigenvalue weighted by molar-refractivity contribution is 6.31. The highest BCUT2D eigenvalue weighted by atomic mass is 35.5. The van der Waals surface area contributed by atoms with Crippen molar-refractivity contribution in [1.82, 2.24) is 5.32 Å². The number of benzene rings is 2. The molecule has 1 aliphatic heterocycles. The first-order valence-electron chi connectivity index (χ1n) is 8.11. The van der Waals surface area contributed by atoms with E-state index in [0.29, 0.717) is 29.7 Å². The minimum Gasteiger partial charge on any atom is -0.486 e. The second kappa shape index (κ2) is 7.66. The van der Waals surface area contributed by atoms with Gasteiger partial charge in [0.2, 0.25) is 0 Å². The van der Waals surface area contributed by atoms with E-state index < -0.39 is 0 Å². The topological polar surface area (TPSA) is 56.8 Å². The molecule has 0 unspecified atom stereocenters. The number of hydrogen-bond donors (Lipinski definition) is 1. The van der Waals surface area contributed by atoms with E-state index in [1.807, 2.05) is 32.0 Å². The van der Waals surface area contributed by atoms with Crippen LogP contribution in [-0.4, -0.2) is 25.7 Å². The number of carbonyl (C=O) groups is 1. The molecule has 0 radical (unpaired) electrons. The minimum atomic E-state index is -0.199.